The molecule has 1 heterocycles. The van der Waals surface area contributed by atoms with E-state index in [-0.39, 0.29) is 28.3 Å². The van der Waals surface area contributed by atoms with E-state index in [1.54, 1.807) is 25.1 Å². The standard InChI is InChI=1S/C24H30N4O3S/c1-6-19(30)25-16-12-14(8-9-18(16)31-7-2)17(29)13-32-22-26-21-20(27-28-22)15-10-11-24(21,5)23(15,3)4/h8-9,12,15H,6-7,10-11,13H2,1-5H3,(H,25,30)/t15-,24-/m1/s1. The van der Waals surface area contributed by atoms with Crippen molar-refractivity contribution >= 4 is 29.1 Å². The number of carbonyl (C=O) groups is 2. The number of ketones is 1. The third kappa shape index (κ3) is 3.68. The molecule has 170 valence electrons. The van der Waals surface area contributed by atoms with Crippen LogP contribution in [0.1, 0.15) is 81.5 Å². The van der Waals surface area contributed by atoms with Gasteiger partial charge in [-0.3, -0.25) is 9.59 Å². The number of anilines is 1. The molecule has 4 rings (SSSR count). The summed E-state index contributed by atoms with van der Waals surface area (Å²) in [4.78, 5) is 29.6. The van der Waals surface area contributed by atoms with Crippen LogP contribution in [-0.4, -0.2) is 39.2 Å². The van der Waals surface area contributed by atoms with Gasteiger partial charge in [0.2, 0.25) is 11.1 Å². The topological polar surface area (TPSA) is 94.1 Å². The molecule has 1 N–H and O–H groups in total. The minimum atomic E-state index is -0.131. The Morgan fingerprint density at radius 2 is 2.00 bits per heavy atom. The van der Waals surface area contributed by atoms with E-state index in [4.69, 9.17) is 9.72 Å². The van der Waals surface area contributed by atoms with E-state index < -0.39 is 0 Å². The molecule has 0 aliphatic heterocycles. The highest BCUT2D eigenvalue weighted by Crippen LogP contribution is 2.66. The van der Waals surface area contributed by atoms with Crippen LogP contribution in [0.2, 0.25) is 0 Å². The number of aromatic nitrogens is 3. The van der Waals surface area contributed by atoms with Crippen molar-refractivity contribution in [2.75, 3.05) is 17.7 Å². The third-order valence-electron chi connectivity index (χ3n) is 7.30. The fourth-order valence-corrected chi connectivity index (χ4v) is 5.64. The van der Waals surface area contributed by atoms with Crippen LogP contribution in [0.3, 0.4) is 0 Å². The van der Waals surface area contributed by atoms with Gasteiger partial charge in [-0.15, -0.1) is 5.10 Å². The van der Waals surface area contributed by atoms with E-state index >= 15 is 0 Å². The van der Waals surface area contributed by atoms with Crippen molar-refractivity contribution in [1.82, 2.24) is 15.2 Å². The lowest BCUT2D eigenvalue weighted by atomic mass is 9.70. The van der Waals surface area contributed by atoms with Gasteiger partial charge in [-0.05, 0) is 43.4 Å². The number of Topliss-reactive ketones (excluding diaryl/α,β-unsaturated/α-hetero) is 1. The SMILES string of the molecule is CCOc1ccc(C(=O)CSc2nnc3c(n2)[C@@]2(C)CC[C@H]3C2(C)C)cc1NC(=O)CC. The monoisotopic (exact) mass is 454 g/mol. The lowest BCUT2D eigenvalue weighted by Crippen LogP contribution is -2.32. The second kappa shape index (κ2) is 8.46. The molecule has 2 aliphatic carbocycles. The van der Waals surface area contributed by atoms with Crippen molar-refractivity contribution < 1.29 is 14.3 Å². The highest BCUT2D eigenvalue weighted by atomic mass is 32.2. The van der Waals surface area contributed by atoms with Gasteiger partial charge in [-0.25, -0.2) is 4.98 Å². The second-order valence-electron chi connectivity index (χ2n) is 9.23. The van der Waals surface area contributed by atoms with Crippen molar-refractivity contribution in [3.8, 4) is 5.75 Å². The highest BCUT2D eigenvalue weighted by molar-refractivity contribution is 7.99. The van der Waals surface area contributed by atoms with E-state index in [0.29, 0.717) is 41.1 Å². The molecule has 2 bridgehead atoms. The van der Waals surface area contributed by atoms with Gasteiger partial charge in [0, 0.05) is 23.3 Å². The Morgan fingerprint density at radius 1 is 1.22 bits per heavy atom. The van der Waals surface area contributed by atoms with E-state index in [1.165, 1.54) is 11.8 Å². The van der Waals surface area contributed by atoms with Gasteiger partial charge in [-0.1, -0.05) is 39.5 Å². The predicted octanol–water partition coefficient (Wildman–Crippen LogP) is 4.77. The molecule has 2 atom stereocenters. The Labute approximate surface area is 193 Å². The van der Waals surface area contributed by atoms with Gasteiger partial charge in [0.25, 0.3) is 0 Å². The van der Waals surface area contributed by atoms with Crippen LogP contribution in [0.4, 0.5) is 5.69 Å². The number of ether oxygens (including phenoxy) is 1. The highest BCUT2D eigenvalue weighted by Gasteiger charge is 2.61. The van der Waals surface area contributed by atoms with Crippen molar-refractivity contribution in [3.63, 3.8) is 0 Å². The zero-order valence-corrected chi connectivity index (χ0v) is 20.1. The quantitative estimate of drug-likeness (QED) is 0.453. The molecule has 2 aromatic rings. The van der Waals surface area contributed by atoms with Crippen LogP contribution < -0.4 is 10.1 Å². The van der Waals surface area contributed by atoms with E-state index in [0.717, 1.165) is 24.2 Å². The molecule has 0 unspecified atom stereocenters. The first-order valence-corrected chi connectivity index (χ1v) is 12.2. The van der Waals surface area contributed by atoms with Gasteiger partial charge >= 0.3 is 0 Å². The van der Waals surface area contributed by atoms with Gasteiger partial charge in [0.05, 0.1) is 29.4 Å². The molecular weight excluding hydrogens is 424 g/mol. The van der Waals surface area contributed by atoms with E-state index in [2.05, 4.69) is 36.3 Å². The molecule has 7 nitrogen and oxygen atoms in total. The summed E-state index contributed by atoms with van der Waals surface area (Å²) in [5, 5.41) is 12.2. The zero-order chi connectivity index (χ0) is 23.1. The Morgan fingerprint density at radius 3 is 2.72 bits per heavy atom. The summed E-state index contributed by atoms with van der Waals surface area (Å²) in [6, 6.07) is 5.12. The molecule has 8 heteroatoms. The lowest BCUT2D eigenvalue weighted by Gasteiger charge is -2.33. The summed E-state index contributed by atoms with van der Waals surface area (Å²) < 4.78 is 5.58. The smallest absolute Gasteiger partial charge is 0.224 e. The predicted molar refractivity (Wildman–Crippen MR) is 125 cm³/mol. The first-order chi connectivity index (χ1) is 15.2. The first kappa shape index (κ1) is 22.7. The molecule has 1 amide bonds. The van der Waals surface area contributed by atoms with Gasteiger partial charge in [0.1, 0.15) is 5.75 Å². The maximum absolute atomic E-state index is 12.9. The van der Waals surface area contributed by atoms with Crippen LogP contribution in [-0.2, 0) is 10.2 Å². The number of rotatable bonds is 8. The molecule has 0 spiro atoms. The average Bonchev–Trinajstić information content (AvgIpc) is 3.11. The number of thioether (sulfide) groups is 1. The van der Waals surface area contributed by atoms with E-state index in [1.807, 2.05) is 6.92 Å². The number of nitrogens with one attached hydrogen (secondary N) is 1. The Kier molecular flexibility index (Phi) is 6.00. The Bertz CT molecular complexity index is 1070. The van der Waals surface area contributed by atoms with Crippen molar-refractivity contribution in [2.24, 2.45) is 5.41 Å². The van der Waals surface area contributed by atoms with Crippen molar-refractivity contribution in [3.05, 3.63) is 35.2 Å². The van der Waals surface area contributed by atoms with Crippen LogP contribution in [0, 0.1) is 5.41 Å². The minimum Gasteiger partial charge on any atom is -0.492 e. The second-order valence-corrected chi connectivity index (χ2v) is 10.2. The molecule has 0 radical (unpaired) electrons. The normalized spacial score (nSPS) is 22.5. The fourth-order valence-electron chi connectivity index (χ4n) is 4.96. The maximum atomic E-state index is 12.9. The Hall–Kier alpha value is -2.48. The zero-order valence-electron chi connectivity index (χ0n) is 19.3. The van der Waals surface area contributed by atoms with E-state index in [9.17, 15) is 9.59 Å². The summed E-state index contributed by atoms with van der Waals surface area (Å²) in [6.07, 6.45) is 2.59. The summed E-state index contributed by atoms with van der Waals surface area (Å²) in [5.41, 5.74) is 3.22. The van der Waals surface area contributed by atoms with Crippen molar-refractivity contribution in [2.45, 2.75) is 70.4 Å². The number of hydrogen-bond acceptors (Lipinski definition) is 7. The average molecular weight is 455 g/mol. The molecule has 1 saturated carbocycles. The maximum Gasteiger partial charge on any atom is 0.224 e. The summed E-state index contributed by atoms with van der Waals surface area (Å²) in [7, 11) is 0. The number of benzene rings is 1. The number of hydrogen-bond donors (Lipinski definition) is 1. The molecule has 1 aromatic heterocycles. The number of fused-ring (bicyclic) bond motifs is 5. The van der Waals surface area contributed by atoms with Crippen LogP contribution in [0.5, 0.6) is 5.75 Å². The molecule has 1 fully saturated rings. The van der Waals surface area contributed by atoms with Gasteiger partial charge in [0.15, 0.2) is 5.78 Å². The molecule has 0 saturated heterocycles. The first-order valence-electron chi connectivity index (χ1n) is 11.2. The fraction of sp³-hybridized carbons (Fsp3) is 0.542. The van der Waals surface area contributed by atoms with Crippen LogP contribution >= 0.6 is 11.8 Å². The van der Waals surface area contributed by atoms with Crippen molar-refractivity contribution in [1.29, 1.82) is 0 Å². The van der Waals surface area contributed by atoms with Crippen LogP contribution in [0.25, 0.3) is 0 Å². The van der Waals surface area contributed by atoms with Crippen LogP contribution in [0.15, 0.2) is 23.4 Å². The largest absolute Gasteiger partial charge is 0.492 e. The summed E-state index contributed by atoms with van der Waals surface area (Å²) in [6.45, 7) is 11.0. The number of carbonyl (C=O) groups excluding carboxylic acids is 2. The third-order valence-corrected chi connectivity index (χ3v) is 8.14. The van der Waals surface area contributed by atoms with Gasteiger partial charge in [-0.2, -0.15) is 5.10 Å². The molecule has 32 heavy (non-hydrogen) atoms. The number of amides is 1. The minimum absolute atomic E-state index is 0.00372. The molecule has 1 aromatic carbocycles. The molecular formula is C24H30N4O3S. The lowest BCUT2D eigenvalue weighted by molar-refractivity contribution is -0.115. The molecule has 2 aliphatic rings. The Balaban J connectivity index is 1.49. The van der Waals surface area contributed by atoms with Gasteiger partial charge < -0.3 is 10.1 Å². The summed E-state index contributed by atoms with van der Waals surface area (Å²) >= 11 is 1.30. The summed E-state index contributed by atoms with van der Waals surface area (Å²) in [5.74, 6) is 0.953. The number of nitrogens with zero attached hydrogens (tertiary/aromatic N) is 3.